The van der Waals surface area contributed by atoms with Crippen molar-refractivity contribution in [3.8, 4) is 0 Å². The van der Waals surface area contributed by atoms with Gasteiger partial charge in [-0.3, -0.25) is 0 Å². The minimum absolute atomic E-state index is 0.514. The molecular formula is C11H16ClNS. The Balaban J connectivity index is 2.75. The lowest BCUT2D eigenvalue weighted by molar-refractivity contribution is 0.585. The highest BCUT2D eigenvalue weighted by Gasteiger charge is 2.02. The lowest BCUT2D eigenvalue weighted by Crippen LogP contribution is -2.22. The van der Waals surface area contributed by atoms with E-state index in [9.17, 15) is 0 Å². The average molecular weight is 230 g/mol. The third-order valence-corrected chi connectivity index (χ3v) is 3.00. The first-order valence-electron chi connectivity index (χ1n) is 4.69. The van der Waals surface area contributed by atoms with Gasteiger partial charge in [-0.05, 0) is 24.0 Å². The molecule has 0 saturated carbocycles. The Morgan fingerprint density at radius 3 is 2.71 bits per heavy atom. The fourth-order valence-electron chi connectivity index (χ4n) is 1.18. The topological polar surface area (TPSA) is 12.0 Å². The largest absolute Gasteiger partial charge is 0.310 e. The number of benzene rings is 1. The number of halogens is 1. The van der Waals surface area contributed by atoms with E-state index >= 15 is 0 Å². The maximum absolute atomic E-state index is 5.92. The van der Waals surface area contributed by atoms with Gasteiger partial charge >= 0.3 is 0 Å². The Morgan fingerprint density at radius 2 is 2.14 bits per heavy atom. The molecule has 0 radical (unpaired) electrons. The van der Waals surface area contributed by atoms with E-state index in [0.717, 1.165) is 11.6 Å². The summed E-state index contributed by atoms with van der Waals surface area (Å²) < 4.78 is 0. The highest BCUT2D eigenvalue weighted by Crippen LogP contribution is 2.24. The molecule has 0 unspecified atom stereocenters. The van der Waals surface area contributed by atoms with E-state index in [4.69, 9.17) is 11.6 Å². The molecule has 0 aromatic heterocycles. The van der Waals surface area contributed by atoms with Crippen molar-refractivity contribution in [2.45, 2.75) is 31.3 Å². The van der Waals surface area contributed by atoms with Gasteiger partial charge in [-0.2, -0.15) is 0 Å². The summed E-state index contributed by atoms with van der Waals surface area (Å²) in [5.74, 6) is 0. The molecule has 1 N–H and O–H groups in total. The van der Waals surface area contributed by atoms with Gasteiger partial charge in [0, 0.05) is 22.5 Å². The van der Waals surface area contributed by atoms with Crippen LogP contribution in [-0.2, 0) is 6.54 Å². The summed E-state index contributed by atoms with van der Waals surface area (Å²) >= 11 is 7.66. The van der Waals surface area contributed by atoms with Crippen molar-refractivity contribution in [2.75, 3.05) is 6.26 Å². The van der Waals surface area contributed by atoms with Crippen molar-refractivity contribution in [1.82, 2.24) is 5.32 Å². The Hall–Kier alpha value is -0.180. The summed E-state index contributed by atoms with van der Waals surface area (Å²) in [7, 11) is 0. The first-order valence-corrected chi connectivity index (χ1v) is 6.29. The zero-order chi connectivity index (χ0) is 10.6. The van der Waals surface area contributed by atoms with Gasteiger partial charge in [-0.15, -0.1) is 11.8 Å². The zero-order valence-electron chi connectivity index (χ0n) is 8.80. The average Bonchev–Trinajstić information content (AvgIpc) is 2.15. The van der Waals surface area contributed by atoms with Crippen molar-refractivity contribution in [3.05, 3.63) is 28.8 Å². The minimum atomic E-state index is 0.514. The smallest absolute Gasteiger partial charge is 0.0417 e. The maximum Gasteiger partial charge on any atom is 0.0417 e. The highest BCUT2D eigenvalue weighted by molar-refractivity contribution is 7.98. The van der Waals surface area contributed by atoms with Gasteiger partial charge in [-0.25, -0.2) is 0 Å². The molecule has 0 saturated heterocycles. The Morgan fingerprint density at radius 1 is 1.43 bits per heavy atom. The predicted molar refractivity (Wildman–Crippen MR) is 65.2 cm³/mol. The quantitative estimate of drug-likeness (QED) is 0.793. The molecule has 0 aliphatic heterocycles. The van der Waals surface area contributed by atoms with Crippen LogP contribution in [0, 0.1) is 0 Å². The number of nitrogens with one attached hydrogen (secondary N) is 1. The molecule has 0 aliphatic rings. The van der Waals surface area contributed by atoms with Gasteiger partial charge in [0.15, 0.2) is 0 Å². The van der Waals surface area contributed by atoms with E-state index in [1.807, 2.05) is 12.1 Å². The van der Waals surface area contributed by atoms with E-state index in [2.05, 4.69) is 31.5 Å². The van der Waals surface area contributed by atoms with Crippen LogP contribution in [0.5, 0.6) is 0 Å². The monoisotopic (exact) mass is 229 g/mol. The maximum atomic E-state index is 5.92. The molecule has 1 rings (SSSR count). The molecule has 1 aromatic carbocycles. The SMILES string of the molecule is CSc1cc(Cl)ccc1CNC(C)C. The van der Waals surface area contributed by atoms with Crippen LogP contribution in [0.3, 0.4) is 0 Å². The lowest BCUT2D eigenvalue weighted by Gasteiger charge is -2.11. The molecule has 0 amide bonds. The lowest BCUT2D eigenvalue weighted by atomic mass is 10.2. The molecule has 0 atom stereocenters. The summed E-state index contributed by atoms with van der Waals surface area (Å²) in [5.41, 5.74) is 1.32. The number of hydrogen-bond donors (Lipinski definition) is 1. The fraction of sp³-hybridized carbons (Fsp3) is 0.455. The van der Waals surface area contributed by atoms with E-state index in [0.29, 0.717) is 6.04 Å². The summed E-state index contributed by atoms with van der Waals surface area (Å²) in [6.45, 7) is 5.20. The molecule has 14 heavy (non-hydrogen) atoms. The molecule has 0 spiro atoms. The Kier molecular flexibility index (Phi) is 4.79. The third-order valence-electron chi connectivity index (χ3n) is 1.95. The van der Waals surface area contributed by atoms with E-state index in [1.54, 1.807) is 11.8 Å². The molecule has 0 bridgehead atoms. The molecule has 1 aromatic rings. The second-order valence-corrected chi connectivity index (χ2v) is 4.78. The fourth-order valence-corrected chi connectivity index (χ4v) is 2.06. The van der Waals surface area contributed by atoms with E-state index < -0.39 is 0 Å². The van der Waals surface area contributed by atoms with Crippen LogP contribution in [0.15, 0.2) is 23.1 Å². The molecule has 0 heterocycles. The van der Waals surface area contributed by atoms with Gasteiger partial charge in [0.2, 0.25) is 0 Å². The van der Waals surface area contributed by atoms with Crippen molar-refractivity contribution in [1.29, 1.82) is 0 Å². The normalized spacial score (nSPS) is 10.9. The highest BCUT2D eigenvalue weighted by atomic mass is 35.5. The van der Waals surface area contributed by atoms with E-state index in [-0.39, 0.29) is 0 Å². The van der Waals surface area contributed by atoms with Crippen LogP contribution in [-0.4, -0.2) is 12.3 Å². The molecule has 78 valence electrons. The second kappa shape index (κ2) is 5.64. The molecule has 1 nitrogen and oxygen atoms in total. The van der Waals surface area contributed by atoms with Crippen molar-refractivity contribution >= 4 is 23.4 Å². The van der Waals surface area contributed by atoms with Gasteiger partial charge in [0.05, 0.1) is 0 Å². The minimum Gasteiger partial charge on any atom is -0.310 e. The number of hydrogen-bond acceptors (Lipinski definition) is 2. The first kappa shape index (κ1) is 11.9. The predicted octanol–water partition coefficient (Wildman–Crippen LogP) is 3.56. The van der Waals surface area contributed by atoms with Crippen LogP contribution in [0.4, 0.5) is 0 Å². The summed E-state index contributed by atoms with van der Waals surface area (Å²) in [6.07, 6.45) is 2.07. The summed E-state index contributed by atoms with van der Waals surface area (Å²) in [5, 5.41) is 4.21. The molecular weight excluding hydrogens is 214 g/mol. The van der Waals surface area contributed by atoms with Crippen molar-refractivity contribution in [2.24, 2.45) is 0 Å². The third kappa shape index (κ3) is 3.52. The molecule has 0 fully saturated rings. The van der Waals surface area contributed by atoms with Gasteiger partial charge in [-0.1, -0.05) is 31.5 Å². The Bertz CT molecular complexity index is 299. The van der Waals surface area contributed by atoms with E-state index in [1.165, 1.54) is 10.5 Å². The first-order chi connectivity index (χ1) is 6.63. The molecule has 3 heteroatoms. The van der Waals surface area contributed by atoms with Gasteiger partial charge in [0.1, 0.15) is 0 Å². The van der Waals surface area contributed by atoms with Gasteiger partial charge in [0.25, 0.3) is 0 Å². The van der Waals surface area contributed by atoms with Crippen LogP contribution >= 0.6 is 23.4 Å². The number of thioether (sulfide) groups is 1. The number of rotatable bonds is 4. The van der Waals surface area contributed by atoms with Crippen molar-refractivity contribution < 1.29 is 0 Å². The standard InChI is InChI=1S/C11H16ClNS/c1-8(2)13-7-9-4-5-10(12)6-11(9)14-3/h4-6,8,13H,7H2,1-3H3. The van der Waals surface area contributed by atoms with Crippen molar-refractivity contribution in [3.63, 3.8) is 0 Å². The van der Waals surface area contributed by atoms with Crippen LogP contribution in [0.1, 0.15) is 19.4 Å². The summed E-state index contributed by atoms with van der Waals surface area (Å²) in [4.78, 5) is 1.26. The van der Waals surface area contributed by atoms with Crippen LogP contribution < -0.4 is 5.32 Å². The second-order valence-electron chi connectivity index (χ2n) is 3.49. The Labute approximate surface area is 95.2 Å². The molecule has 0 aliphatic carbocycles. The van der Waals surface area contributed by atoms with Gasteiger partial charge < -0.3 is 5.32 Å². The van der Waals surface area contributed by atoms with Crippen LogP contribution in [0.25, 0.3) is 0 Å². The summed E-state index contributed by atoms with van der Waals surface area (Å²) in [6, 6.07) is 6.56. The van der Waals surface area contributed by atoms with Crippen LogP contribution in [0.2, 0.25) is 5.02 Å². The zero-order valence-corrected chi connectivity index (χ0v) is 10.4.